The first-order valence-electron chi connectivity index (χ1n) is 12.6. The van der Waals surface area contributed by atoms with Crippen molar-refractivity contribution in [3.63, 3.8) is 0 Å². The standard InChI is InChI=1S/C29H42O/c1-3-4-7-24-10-14-27(15-11-24)18-19-28-16-12-25(13-17-28)8-5-6-9-26-20-22-29(30-2)23-21-26/h5,8,20-25,27-28H,3-4,7,10-19H2,1-2H3/b8-5+/t24-,25?,27-,28?. The van der Waals surface area contributed by atoms with Crippen molar-refractivity contribution >= 4 is 0 Å². The van der Waals surface area contributed by atoms with Crippen LogP contribution in [0.3, 0.4) is 0 Å². The molecule has 3 rings (SSSR count). The van der Waals surface area contributed by atoms with E-state index in [0.717, 1.165) is 35.0 Å². The average molecular weight is 407 g/mol. The Bertz CT molecular complexity index is 673. The van der Waals surface area contributed by atoms with Gasteiger partial charge in [-0.3, -0.25) is 0 Å². The van der Waals surface area contributed by atoms with E-state index < -0.39 is 0 Å². The zero-order valence-electron chi connectivity index (χ0n) is 19.4. The predicted molar refractivity (Wildman–Crippen MR) is 129 cm³/mol. The SMILES string of the molecule is CCCC[C@H]1CC[C@H](CCC2CCC(/C=C/C#Cc3ccc(OC)cc3)CC2)CC1. The van der Waals surface area contributed by atoms with Crippen molar-refractivity contribution in [3.05, 3.63) is 42.0 Å². The normalized spacial score (nSPS) is 26.9. The first kappa shape index (κ1) is 23.0. The Morgan fingerprint density at radius 2 is 1.40 bits per heavy atom. The van der Waals surface area contributed by atoms with Gasteiger partial charge in [-0.05, 0) is 79.7 Å². The number of benzene rings is 1. The molecule has 0 bridgehead atoms. The third kappa shape index (κ3) is 7.86. The molecule has 2 fully saturated rings. The first-order chi connectivity index (χ1) is 14.8. The summed E-state index contributed by atoms with van der Waals surface area (Å²) in [5.41, 5.74) is 1.04. The summed E-state index contributed by atoms with van der Waals surface area (Å²) in [6, 6.07) is 7.96. The largest absolute Gasteiger partial charge is 0.497 e. The zero-order chi connectivity index (χ0) is 21.0. The number of rotatable bonds is 8. The summed E-state index contributed by atoms with van der Waals surface area (Å²) in [5, 5.41) is 0. The minimum Gasteiger partial charge on any atom is -0.497 e. The van der Waals surface area contributed by atoms with Crippen molar-refractivity contribution in [1.29, 1.82) is 0 Å². The number of methoxy groups -OCH3 is 1. The Morgan fingerprint density at radius 1 is 0.833 bits per heavy atom. The highest BCUT2D eigenvalue weighted by Gasteiger charge is 2.23. The van der Waals surface area contributed by atoms with E-state index in [-0.39, 0.29) is 0 Å². The fourth-order valence-corrected chi connectivity index (χ4v) is 5.43. The monoisotopic (exact) mass is 406 g/mol. The highest BCUT2D eigenvalue weighted by atomic mass is 16.5. The van der Waals surface area contributed by atoms with Crippen LogP contribution in [0.15, 0.2) is 36.4 Å². The highest BCUT2D eigenvalue weighted by Crippen LogP contribution is 2.37. The van der Waals surface area contributed by atoms with Gasteiger partial charge in [0.15, 0.2) is 0 Å². The third-order valence-corrected chi connectivity index (χ3v) is 7.57. The average Bonchev–Trinajstić information content (AvgIpc) is 2.81. The minimum absolute atomic E-state index is 0.737. The van der Waals surface area contributed by atoms with Crippen molar-refractivity contribution in [1.82, 2.24) is 0 Å². The van der Waals surface area contributed by atoms with Gasteiger partial charge in [-0.15, -0.1) is 0 Å². The topological polar surface area (TPSA) is 9.23 Å². The molecule has 1 aromatic carbocycles. The van der Waals surface area contributed by atoms with E-state index in [1.165, 1.54) is 83.5 Å². The Balaban J connectivity index is 1.29. The lowest BCUT2D eigenvalue weighted by Crippen LogP contribution is -2.17. The van der Waals surface area contributed by atoms with Crippen molar-refractivity contribution in [2.45, 2.75) is 90.4 Å². The third-order valence-electron chi connectivity index (χ3n) is 7.57. The molecule has 0 heterocycles. The summed E-state index contributed by atoms with van der Waals surface area (Å²) in [4.78, 5) is 0. The molecule has 0 aliphatic heterocycles. The van der Waals surface area contributed by atoms with Crippen LogP contribution in [0.4, 0.5) is 0 Å². The minimum atomic E-state index is 0.737. The molecule has 164 valence electrons. The van der Waals surface area contributed by atoms with Crippen molar-refractivity contribution in [2.24, 2.45) is 23.7 Å². The molecule has 0 spiro atoms. The van der Waals surface area contributed by atoms with Crippen LogP contribution in [0.2, 0.25) is 0 Å². The van der Waals surface area contributed by atoms with Gasteiger partial charge in [0.2, 0.25) is 0 Å². The van der Waals surface area contributed by atoms with Gasteiger partial charge in [0.25, 0.3) is 0 Å². The van der Waals surface area contributed by atoms with Crippen molar-refractivity contribution < 1.29 is 4.74 Å². The summed E-state index contributed by atoms with van der Waals surface area (Å²) in [6.07, 6.45) is 23.3. The molecule has 0 saturated heterocycles. The molecule has 2 saturated carbocycles. The molecular weight excluding hydrogens is 364 g/mol. The number of unbranched alkanes of at least 4 members (excludes halogenated alkanes) is 1. The van der Waals surface area contributed by atoms with Crippen LogP contribution < -0.4 is 4.74 Å². The van der Waals surface area contributed by atoms with E-state index in [1.807, 2.05) is 24.3 Å². The second-order valence-electron chi connectivity index (χ2n) is 9.74. The number of allylic oxidation sites excluding steroid dienone is 2. The lowest BCUT2D eigenvalue weighted by Gasteiger charge is -2.31. The van der Waals surface area contributed by atoms with Gasteiger partial charge < -0.3 is 4.74 Å². The van der Waals surface area contributed by atoms with Crippen LogP contribution >= 0.6 is 0 Å². The molecule has 2 aliphatic rings. The van der Waals surface area contributed by atoms with Crippen LogP contribution in [-0.2, 0) is 0 Å². The van der Waals surface area contributed by atoms with Gasteiger partial charge in [0.1, 0.15) is 5.75 Å². The fraction of sp³-hybridized carbons (Fsp3) is 0.655. The Labute approximate surface area is 185 Å². The highest BCUT2D eigenvalue weighted by molar-refractivity contribution is 5.40. The predicted octanol–water partition coefficient (Wildman–Crippen LogP) is 8.19. The Morgan fingerprint density at radius 3 is 1.97 bits per heavy atom. The van der Waals surface area contributed by atoms with E-state index in [2.05, 4.69) is 30.9 Å². The molecule has 0 radical (unpaired) electrons. The van der Waals surface area contributed by atoms with E-state index in [0.29, 0.717) is 0 Å². The maximum atomic E-state index is 5.19. The summed E-state index contributed by atoms with van der Waals surface area (Å²) in [7, 11) is 1.69. The smallest absolute Gasteiger partial charge is 0.118 e. The first-order valence-corrected chi connectivity index (χ1v) is 12.6. The number of ether oxygens (including phenoxy) is 1. The van der Waals surface area contributed by atoms with E-state index in [4.69, 9.17) is 4.74 Å². The molecular formula is C29H42O. The molecule has 2 aliphatic carbocycles. The van der Waals surface area contributed by atoms with E-state index in [9.17, 15) is 0 Å². The molecule has 0 amide bonds. The maximum absolute atomic E-state index is 5.19. The Kier molecular flexibility index (Phi) is 9.88. The molecule has 0 N–H and O–H groups in total. The van der Waals surface area contributed by atoms with E-state index >= 15 is 0 Å². The molecule has 0 unspecified atom stereocenters. The fourth-order valence-electron chi connectivity index (χ4n) is 5.43. The molecule has 1 aromatic rings. The lowest BCUT2D eigenvalue weighted by atomic mass is 9.75. The summed E-state index contributed by atoms with van der Waals surface area (Å²) in [6.45, 7) is 2.33. The van der Waals surface area contributed by atoms with Gasteiger partial charge in [0.05, 0.1) is 7.11 Å². The summed E-state index contributed by atoms with van der Waals surface area (Å²) < 4.78 is 5.19. The summed E-state index contributed by atoms with van der Waals surface area (Å²) in [5.74, 6) is 11.1. The van der Waals surface area contributed by atoms with E-state index in [1.54, 1.807) is 7.11 Å². The van der Waals surface area contributed by atoms with Crippen LogP contribution in [0.25, 0.3) is 0 Å². The zero-order valence-corrected chi connectivity index (χ0v) is 19.4. The summed E-state index contributed by atoms with van der Waals surface area (Å²) >= 11 is 0. The van der Waals surface area contributed by atoms with Gasteiger partial charge >= 0.3 is 0 Å². The quantitative estimate of drug-likeness (QED) is 0.395. The lowest BCUT2D eigenvalue weighted by molar-refractivity contribution is 0.220. The number of hydrogen-bond acceptors (Lipinski definition) is 1. The van der Waals surface area contributed by atoms with Gasteiger partial charge in [0, 0.05) is 5.56 Å². The second kappa shape index (κ2) is 12.9. The maximum Gasteiger partial charge on any atom is 0.118 e. The van der Waals surface area contributed by atoms with Gasteiger partial charge in [-0.1, -0.05) is 82.6 Å². The van der Waals surface area contributed by atoms with Crippen molar-refractivity contribution in [2.75, 3.05) is 7.11 Å². The van der Waals surface area contributed by atoms with Crippen LogP contribution in [0.5, 0.6) is 5.75 Å². The molecule has 0 aromatic heterocycles. The molecule has 0 atom stereocenters. The second-order valence-corrected chi connectivity index (χ2v) is 9.74. The van der Waals surface area contributed by atoms with Crippen LogP contribution in [0, 0.1) is 35.5 Å². The molecule has 1 heteroatoms. The molecule has 30 heavy (non-hydrogen) atoms. The Hall–Kier alpha value is -1.68. The van der Waals surface area contributed by atoms with Crippen molar-refractivity contribution in [3.8, 4) is 17.6 Å². The molecule has 1 nitrogen and oxygen atoms in total. The number of hydrogen-bond donors (Lipinski definition) is 0. The van der Waals surface area contributed by atoms with Gasteiger partial charge in [-0.2, -0.15) is 0 Å². The van der Waals surface area contributed by atoms with Gasteiger partial charge in [-0.25, -0.2) is 0 Å². The van der Waals surface area contributed by atoms with Crippen LogP contribution in [0.1, 0.15) is 96.0 Å². The van der Waals surface area contributed by atoms with Crippen LogP contribution in [-0.4, -0.2) is 7.11 Å².